The summed E-state index contributed by atoms with van der Waals surface area (Å²) in [6.45, 7) is 3.97. The second-order valence-corrected chi connectivity index (χ2v) is 12.2. The van der Waals surface area contributed by atoms with Gasteiger partial charge in [0.25, 0.3) is 11.1 Å². The second-order valence-electron chi connectivity index (χ2n) is 9.20. The van der Waals surface area contributed by atoms with Crippen molar-refractivity contribution in [2.45, 2.75) is 56.9 Å². The minimum absolute atomic E-state index is 0.0954. The van der Waals surface area contributed by atoms with Crippen LogP contribution in [0.25, 0.3) is 4.85 Å². The number of aromatic nitrogens is 4. The van der Waals surface area contributed by atoms with Gasteiger partial charge in [0.1, 0.15) is 18.8 Å². The Balaban J connectivity index is 1.53. The topological polar surface area (TPSA) is 169 Å². The van der Waals surface area contributed by atoms with Gasteiger partial charge in [-0.3, -0.25) is 33.2 Å². The maximum Gasteiger partial charge on any atom is 0.330 e. The summed E-state index contributed by atoms with van der Waals surface area (Å²) in [5, 5.41) is 0. The number of H-pyrrole nitrogens is 2. The van der Waals surface area contributed by atoms with Crippen molar-refractivity contribution in [1.82, 2.24) is 19.1 Å². The number of hydrogen-bond donors (Lipinski definition) is 2. The minimum Gasteiger partial charge on any atom is -0.376 e. The summed E-state index contributed by atoms with van der Waals surface area (Å²) in [6, 6.07) is 2.19. The molecule has 15 nitrogen and oxygen atoms in total. The first-order valence-electron chi connectivity index (χ1n) is 13.0. The zero-order valence-corrected chi connectivity index (χ0v) is 23.6. The molecule has 0 spiro atoms. The van der Waals surface area contributed by atoms with E-state index in [1.807, 2.05) is 4.98 Å². The molecular weight excluding hydrogens is 588 g/mol. The van der Waals surface area contributed by atoms with Crippen molar-refractivity contribution in [3.8, 4) is 0 Å². The van der Waals surface area contributed by atoms with Gasteiger partial charge in [0.2, 0.25) is 6.54 Å². The van der Waals surface area contributed by atoms with Crippen molar-refractivity contribution < 1.29 is 33.5 Å². The molecular formula is C23H29FN5O10PS. The molecule has 4 rings (SSSR count). The molecule has 2 aliphatic rings. The molecule has 9 atom stereocenters. The Morgan fingerprint density at radius 3 is 2.29 bits per heavy atom. The number of alkyl halides is 1. The lowest BCUT2D eigenvalue weighted by Crippen LogP contribution is -2.36. The van der Waals surface area contributed by atoms with Gasteiger partial charge in [-0.1, -0.05) is 6.92 Å². The van der Waals surface area contributed by atoms with Gasteiger partial charge in [0.15, 0.2) is 18.6 Å². The van der Waals surface area contributed by atoms with E-state index < -0.39 is 79.2 Å². The number of hydrogen-bond acceptors (Lipinski definition) is 11. The highest BCUT2D eigenvalue weighted by Gasteiger charge is 2.49. The molecule has 18 heteroatoms. The molecule has 2 N–H and O–H groups in total. The fourth-order valence-electron chi connectivity index (χ4n) is 4.51. The lowest BCUT2D eigenvalue weighted by atomic mass is 10.0. The van der Waals surface area contributed by atoms with Crippen LogP contribution in [-0.4, -0.2) is 76.6 Å². The lowest BCUT2D eigenvalue weighted by molar-refractivity contribution is -0.0629. The Kier molecular flexibility index (Phi) is 9.42. The summed E-state index contributed by atoms with van der Waals surface area (Å²) in [6.07, 6.45) is -6.17. The SMILES string of the molecule is [2H]C[C@H]1O[C@@H](n2ccc(=O)[nH]c2=O)[C@@H](F)C1OP(=S)(OCC[N+]#[C-])OC[C@H]1O[C@@H](n2ccc(=O)[nH]c2=O)[C@@H](OC)C1C. The Hall–Kier alpha value is -2.81. The summed E-state index contributed by atoms with van der Waals surface area (Å²) in [5.74, 6) is -0.369. The zero-order chi connectivity index (χ0) is 30.6. The summed E-state index contributed by atoms with van der Waals surface area (Å²) in [7, 11) is 1.44. The molecule has 0 bridgehead atoms. The van der Waals surface area contributed by atoms with Crippen LogP contribution >= 0.6 is 6.72 Å². The van der Waals surface area contributed by atoms with Gasteiger partial charge < -0.3 is 28.1 Å². The molecule has 2 fully saturated rings. The van der Waals surface area contributed by atoms with Crippen molar-refractivity contribution in [3.05, 3.63) is 77.6 Å². The molecule has 0 aliphatic carbocycles. The van der Waals surface area contributed by atoms with Gasteiger partial charge >= 0.3 is 18.1 Å². The molecule has 41 heavy (non-hydrogen) atoms. The highest BCUT2D eigenvalue weighted by molar-refractivity contribution is 8.07. The van der Waals surface area contributed by atoms with Crippen LogP contribution in [0.2, 0.25) is 0 Å². The standard InChI is InChI=1S/C23H29FN5O10PS/c1-12-14(38-21(18(12)34-4)29-9-6-16(31)27-23(29)33)11-36-40(41,35-10-7-25-3)39-19-13(2)37-20(17(19)24)28-8-5-15(30)26-22(28)32/h5-6,8-9,12-14,17-21H,7,10-11H2,1-2,4H3,(H,26,30,32)(H,27,31,33)/t12?,13-,14-,17+,18+,19?,20-,21-,40?/m1/s1/i2D. The Morgan fingerprint density at radius 1 is 1.10 bits per heavy atom. The molecule has 0 radical (unpaired) electrons. The summed E-state index contributed by atoms with van der Waals surface area (Å²) >= 11 is 5.55. The third kappa shape index (κ3) is 6.82. The molecule has 0 amide bonds. The predicted octanol–water partition coefficient (Wildman–Crippen LogP) is 0.453. The maximum atomic E-state index is 15.7. The van der Waals surface area contributed by atoms with Crippen molar-refractivity contribution >= 4 is 18.5 Å². The minimum atomic E-state index is -3.83. The molecule has 0 saturated carbocycles. The quantitative estimate of drug-likeness (QED) is 0.204. The normalized spacial score (nSPS) is 31.4. The first-order chi connectivity index (χ1) is 20.0. The Morgan fingerprint density at radius 2 is 1.73 bits per heavy atom. The number of rotatable bonds is 11. The van der Waals surface area contributed by atoms with E-state index in [0.29, 0.717) is 0 Å². The van der Waals surface area contributed by atoms with Crippen LogP contribution in [0.4, 0.5) is 4.39 Å². The van der Waals surface area contributed by atoms with E-state index in [1.54, 1.807) is 6.92 Å². The molecule has 2 aromatic rings. The monoisotopic (exact) mass is 618 g/mol. The summed E-state index contributed by atoms with van der Waals surface area (Å²) in [4.78, 5) is 55.0. The van der Waals surface area contributed by atoms with Gasteiger partial charge in [-0.2, -0.15) is 0 Å². The average molecular weight is 619 g/mol. The first-order valence-corrected chi connectivity index (χ1v) is 14.9. The van der Waals surface area contributed by atoms with Gasteiger partial charge in [-0.05, 0) is 18.7 Å². The number of ether oxygens (including phenoxy) is 3. The van der Waals surface area contributed by atoms with Crippen LogP contribution in [0.1, 0.15) is 27.7 Å². The predicted molar refractivity (Wildman–Crippen MR) is 144 cm³/mol. The van der Waals surface area contributed by atoms with E-state index in [4.69, 9.17) is 47.5 Å². The van der Waals surface area contributed by atoms with E-state index in [1.165, 1.54) is 23.9 Å². The van der Waals surface area contributed by atoms with Gasteiger partial charge in [-0.25, -0.2) is 20.6 Å². The summed E-state index contributed by atoms with van der Waals surface area (Å²) < 4.78 is 60.1. The maximum absolute atomic E-state index is 15.7. The average Bonchev–Trinajstić information content (AvgIpc) is 3.43. The molecule has 2 aromatic heterocycles. The van der Waals surface area contributed by atoms with E-state index in [0.717, 1.165) is 16.8 Å². The van der Waals surface area contributed by atoms with Crippen LogP contribution in [0.3, 0.4) is 0 Å². The van der Waals surface area contributed by atoms with Crippen LogP contribution in [0.15, 0.2) is 43.7 Å². The highest BCUT2D eigenvalue weighted by Crippen LogP contribution is 2.54. The summed E-state index contributed by atoms with van der Waals surface area (Å²) in [5.41, 5.74) is -2.88. The van der Waals surface area contributed by atoms with Crippen LogP contribution in [0, 0.1) is 12.5 Å². The zero-order valence-electron chi connectivity index (χ0n) is 22.9. The fraction of sp³-hybridized carbons (Fsp3) is 0.609. The van der Waals surface area contributed by atoms with E-state index >= 15 is 4.39 Å². The van der Waals surface area contributed by atoms with Gasteiger partial charge in [0, 0.05) is 38.9 Å². The largest absolute Gasteiger partial charge is 0.376 e. The van der Waals surface area contributed by atoms with E-state index in [9.17, 15) is 19.2 Å². The van der Waals surface area contributed by atoms with Gasteiger partial charge in [0.05, 0.1) is 18.8 Å². The molecule has 2 saturated heterocycles. The smallest absolute Gasteiger partial charge is 0.330 e. The van der Waals surface area contributed by atoms with Crippen molar-refractivity contribution in [2.75, 3.05) is 26.9 Å². The Labute approximate surface area is 238 Å². The van der Waals surface area contributed by atoms with Crippen molar-refractivity contribution in [3.63, 3.8) is 0 Å². The molecule has 2 aliphatic heterocycles. The Bertz CT molecular complexity index is 1580. The third-order valence-corrected chi connectivity index (χ3v) is 8.95. The number of nitrogens with zero attached hydrogens (tertiary/aromatic N) is 3. The van der Waals surface area contributed by atoms with Crippen molar-refractivity contribution in [2.24, 2.45) is 5.92 Å². The van der Waals surface area contributed by atoms with Crippen LogP contribution in [-0.2, 0) is 39.6 Å². The lowest BCUT2D eigenvalue weighted by Gasteiger charge is -2.28. The fourth-order valence-corrected chi connectivity index (χ4v) is 6.59. The van der Waals surface area contributed by atoms with E-state index in [2.05, 4.69) is 9.83 Å². The number of methoxy groups -OCH3 is 1. The number of aromatic amines is 2. The molecule has 3 unspecified atom stereocenters. The highest BCUT2D eigenvalue weighted by atomic mass is 32.5. The number of nitrogens with one attached hydrogen (secondary N) is 2. The third-order valence-electron chi connectivity index (χ3n) is 6.59. The molecule has 4 heterocycles. The van der Waals surface area contributed by atoms with Crippen LogP contribution in [0.5, 0.6) is 0 Å². The second kappa shape index (κ2) is 13.0. The van der Waals surface area contributed by atoms with Gasteiger partial charge in [-0.15, -0.1) is 0 Å². The molecule has 224 valence electrons. The molecule has 0 aromatic carbocycles. The van der Waals surface area contributed by atoms with Crippen molar-refractivity contribution in [1.29, 1.82) is 0 Å². The first kappa shape index (κ1) is 29.7. The van der Waals surface area contributed by atoms with Crippen LogP contribution < -0.4 is 22.5 Å². The number of halogens is 1. The van der Waals surface area contributed by atoms with E-state index in [-0.39, 0.29) is 25.7 Å².